The van der Waals surface area contributed by atoms with E-state index < -0.39 is 46.1 Å². The van der Waals surface area contributed by atoms with Gasteiger partial charge in [0.15, 0.2) is 11.5 Å². The molecule has 0 bridgehead atoms. The van der Waals surface area contributed by atoms with Crippen molar-refractivity contribution in [1.82, 2.24) is 10.2 Å². The number of halogens is 3. The number of hydrogen-bond donors (Lipinski definition) is 1. The summed E-state index contributed by atoms with van der Waals surface area (Å²) in [4.78, 5) is 39.8. The molecule has 2 aromatic rings. The average Bonchev–Trinajstić information content (AvgIpc) is 3.38. The largest absolute Gasteiger partial charge is 0.467 e. The topological polar surface area (TPSA) is 92.8 Å². The normalized spacial score (nSPS) is 23.3. The Kier molecular flexibility index (Phi) is 4.64. The minimum Gasteiger partial charge on any atom is -0.467 e. The molecular weight excluding hydrogens is 417 g/mol. The van der Waals surface area contributed by atoms with Crippen LogP contribution >= 0.6 is 0 Å². The van der Waals surface area contributed by atoms with Gasteiger partial charge < -0.3 is 19.1 Å². The lowest BCUT2D eigenvalue weighted by molar-refractivity contribution is -0.191. The van der Waals surface area contributed by atoms with Crippen LogP contribution in [0.5, 0.6) is 0 Å². The summed E-state index contributed by atoms with van der Waals surface area (Å²) >= 11 is 0. The van der Waals surface area contributed by atoms with Crippen molar-refractivity contribution < 1.29 is 36.4 Å². The van der Waals surface area contributed by atoms with E-state index >= 15 is 0 Å². The molecule has 0 aromatic carbocycles. The molecule has 0 saturated carbocycles. The van der Waals surface area contributed by atoms with Crippen molar-refractivity contribution in [1.29, 1.82) is 0 Å². The Hall–Kier alpha value is -3.30. The van der Waals surface area contributed by atoms with E-state index in [-0.39, 0.29) is 30.8 Å². The number of alkyl halides is 3. The fraction of sp³-hybridized carbons (Fsp3) is 0.381. The highest BCUT2D eigenvalue weighted by Gasteiger charge is 2.71. The highest BCUT2D eigenvalue weighted by molar-refractivity contribution is 6.14. The number of hydrogen-bond acceptors (Lipinski definition) is 5. The van der Waals surface area contributed by atoms with Crippen LogP contribution in [-0.4, -0.2) is 34.2 Å². The van der Waals surface area contributed by atoms with E-state index in [0.717, 1.165) is 11.2 Å². The third-order valence-corrected chi connectivity index (χ3v) is 5.48. The van der Waals surface area contributed by atoms with Gasteiger partial charge >= 0.3 is 6.18 Å². The monoisotopic (exact) mass is 436 g/mol. The Morgan fingerprint density at radius 1 is 1.13 bits per heavy atom. The second-order valence-corrected chi connectivity index (χ2v) is 8.41. The number of furan rings is 2. The summed E-state index contributed by atoms with van der Waals surface area (Å²) in [5, 5.41) is 1.79. The van der Waals surface area contributed by atoms with E-state index in [1.165, 1.54) is 30.5 Å². The molecule has 3 heterocycles. The number of carbonyl (C=O) groups excluding carboxylic acids is 3. The summed E-state index contributed by atoms with van der Waals surface area (Å²) in [5.74, 6) is -3.70. The fourth-order valence-corrected chi connectivity index (χ4v) is 4.19. The quantitative estimate of drug-likeness (QED) is 0.791. The molecule has 10 heteroatoms. The molecule has 164 valence electrons. The van der Waals surface area contributed by atoms with Gasteiger partial charge in [-0.15, -0.1) is 0 Å². The summed E-state index contributed by atoms with van der Waals surface area (Å²) in [5.41, 5.74) is -4.97. The molecule has 1 unspecified atom stereocenters. The maximum atomic E-state index is 14.6. The number of rotatable bonds is 4. The first-order chi connectivity index (χ1) is 14.5. The highest BCUT2D eigenvalue weighted by Crippen LogP contribution is 2.52. The van der Waals surface area contributed by atoms with E-state index in [1.807, 2.05) is 0 Å². The predicted molar refractivity (Wildman–Crippen MR) is 99.3 cm³/mol. The van der Waals surface area contributed by atoms with Crippen LogP contribution in [0.1, 0.15) is 43.0 Å². The van der Waals surface area contributed by atoms with Gasteiger partial charge in [-0.25, -0.2) is 0 Å². The number of nitrogens with zero attached hydrogens (tertiary/aromatic N) is 1. The van der Waals surface area contributed by atoms with Crippen LogP contribution < -0.4 is 5.32 Å². The van der Waals surface area contributed by atoms with Crippen LogP contribution in [0.4, 0.5) is 13.2 Å². The molecule has 1 aliphatic heterocycles. The van der Waals surface area contributed by atoms with Crippen molar-refractivity contribution in [2.75, 3.05) is 0 Å². The van der Waals surface area contributed by atoms with Crippen LogP contribution in [0.3, 0.4) is 0 Å². The van der Waals surface area contributed by atoms with E-state index in [9.17, 15) is 27.6 Å². The molecule has 0 saturated heterocycles. The molecule has 2 aliphatic rings. The summed E-state index contributed by atoms with van der Waals surface area (Å²) in [6, 6.07) is 5.55. The van der Waals surface area contributed by atoms with Crippen molar-refractivity contribution in [2.24, 2.45) is 5.41 Å². The summed E-state index contributed by atoms with van der Waals surface area (Å²) in [7, 11) is 0. The highest BCUT2D eigenvalue weighted by atomic mass is 19.4. The predicted octanol–water partition coefficient (Wildman–Crippen LogP) is 3.59. The number of ketones is 1. The van der Waals surface area contributed by atoms with Crippen molar-refractivity contribution in [2.45, 2.75) is 44.9 Å². The average molecular weight is 436 g/mol. The van der Waals surface area contributed by atoms with E-state index in [4.69, 9.17) is 8.83 Å². The van der Waals surface area contributed by atoms with Gasteiger partial charge in [-0.2, -0.15) is 13.2 Å². The minimum atomic E-state index is -5.28. The third kappa shape index (κ3) is 3.26. The Balaban J connectivity index is 1.88. The second kappa shape index (κ2) is 6.86. The number of carbonyl (C=O) groups is 3. The second-order valence-electron chi connectivity index (χ2n) is 8.41. The number of Topliss-reactive ketones (excluding diaryl/α,β-unsaturated/α-hetero) is 1. The first-order valence-corrected chi connectivity index (χ1v) is 9.50. The first-order valence-electron chi connectivity index (χ1n) is 9.50. The van der Waals surface area contributed by atoms with Gasteiger partial charge in [0.25, 0.3) is 11.8 Å². The molecule has 1 aliphatic carbocycles. The molecular formula is C21H19F3N2O5. The Labute approximate surface area is 174 Å². The Morgan fingerprint density at radius 2 is 1.81 bits per heavy atom. The molecule has 7 nitrogen and oxygen atoms in total. The van der Waals surface area contributed by atoms with Gasteiger partial charge in [-0.1, -0.05) is 13.8 Å². The Morgan fingerprint density at radius 3 is 2.39 bits per heavy atom. The lowest BCUT2D eigenvalue weighted by Crippen LogP contribution is -2.66. The molecule has 2 amide bonds. The smallest absolute Gasteiger partial charge is 0.425 e. The number of amides is 2. The molecule has 1 N–H and O–H groups in total. The van der Waals surface area contributed by atoms with Gasteiger partial charge in [-0.3, -0.25) is 14.4 Å². The van der Waals surface area contributed by atoms with Crippen LogP contribution in [0.15, 0.2) is 56.9 Å². The molecule has 31 heavy (non-hydrogen) atoms. The van der Waals surface area contributed by atoms with E-state index in [2.05, 4.69) is 0 Å². The van der Waals surface area contributed by atoms with Crippen LogP contribution in [0, 0.1) is 5.41 Å². The van der Waals surface area contributed by atoms with E-state index in [1.54, 1.807) is 19.2 Å². The van der Waals surface area contributed by atoms with Crippen LogP contribution in [-0.2, 0) is 16.1 Å². The minimum absolute atomic E-state index is 0.0506. The van der Waals surface area contributed by atoms with Gasteiger partial charge in [0.2, 0.25) is 5.54 Å². The van der Waals surface area contributed by atoms with E-state index in [0.29, 0.717) is 0 Å². The van der Waals surface area contributed by atoms with Gasteiger partial charge in [0.05, 0.1) is 24.6 Å². The first kappa shape index (κ1) is 21.0. The number of nitrogens with one attached hydrogen (secondary N) is 1. The maximum absolute atomic E-state index is 14.6. The van der Waals surface area contributed by atoms with Crippen molar-refractivity contribution in [3.63, 3.8) is 0 Å². The zero-order valence-corrected chi connectivity index (χ0v) is 16.7. The molecule has 0 spiro atoms. The SMILES string of the molecule is CC1(C)CC(=O)C2=C(C1)N(Cc1ccco1)C(=O)C2(NC(=O)c1ccco1)C(F)(F)F. The van der Waals surface area contributed by atoms with Crippen LogP contribution in [0.2, 0.25) is 0 Å². The van der Waals surface area contributed by atoms with Gasteiger partial charge in [-0.05, 0) is 36.1 Å². The maximum Gasteiger partial charge on any atom is 0.425 e. The van der Waals surface area contributed by atoms with Gasteiger partial charge in [0.1, 0.15) is 5.76 Å². The van der Waals surface area contributed by atoms with Gasteiger partial charge in [0, 0.05) is 12.1 Å². The Bertz CT molecular complexity index is 1070. The fourth-order valence-electron chi connectivity index (χ4n) is 4.19. The summed E-state index contributed by atoms with van der Waals surface area (Å²) < 4.78 is 53.8. The van der Waals surface area contributed by atoms with Crippen molar-refractivity contribution in [3.05, 3.63) is 59.6 Å². The molecule has 2 aromatic heterocycles. The lowest BCUT2D eigenvalue weighted by Gasteiger charge is -2.35. The zero-order valence-electron chi connectivity index (χ0n) is 16.7. The summed E-state index contributed by atoms with van der Waals surface area (Å²) in [6.45, 7) is 3.17. The molecule has 0 radical (unpaired) electrons. The van der Waals surface area contributed by atoms with Crippen molar-refractivity contribution in [3.8, 4) is 0 Å². The zero-order chi connectivity index (χ0) is 22.6. The standard InChI is InChI=1S/C21H19F3N2O5/c1-19(2)9-13-16(14(27)10-19)20(21(22,23)24,25-17(28)15-6-4-8-31-15)18(29)26(13)11-12-5-3-7-30-12/h3-8H,9-11H2,1-2H3,(H,25,28). The van der Waals surface area contributed by atoms with Crippen molar-refractivity contribution >= 4 is 17.6 Å². The molecule has 1 atom stereocenters. The third-order valence-electron chi connectivity index (χ3n) is 5.48. The number of allylic oxidation sites excluding steroid dienone is 1. The lowest BCUT2D eigenvalue weighted by atomic mass is 9.72. The molecule has 0 fully saturated rings. The van der Waals surface area contributed by atoms with Crippen LogP contribution in [0.25, 0.3) is 0 Å². The molecule has 4 rings (SSSR count). The summed E-state index contributed by atoms with van der Waals surface area (Å²) in [6.07, 6.45) is -2.97.